The van der Waals surface area contributed by atoms with Crippen LogP contribution in [0.4, 0.5) is 11.4 Å². The minimum absolute atomic E-state index is 0.119. The van der Waals surface area contributed by atoms with Crippen LogP contribution in [0.1, 0.15) is 46.4 Å². The molecule has 3 rings (SSSR count). The molecule has 1 saturated carbocycles. The second-order valence-corrected chi connectivity index (χ2v) is 8.21. The van der Waals surface area contributed by atoms with E-state index in [9.17, 15) is 29.8 Å². The van der Waals surface area contributed by atoms with Gasteiger partial charge in [0.15, 0.2) is 0 Å². The summed E-state index contributed by atoms with van der Waals surface area (Å²) in [5.74, 6) is -1.19. The Kier molecular flexibility index (Phi) is 7.26. The quantitative estimate of drug-likeness (QED) is 0.466. The van der Waals surface area contributed by atoms with Crippen molar-refractivity contribution in [1.82, 2.24) is 10.6 Å². The first-order valence-electron chi connectivity index (χ1n) is 9.65. The Morgan fingerprint density at radius 3 is 1.41 bits per heavy atom. The third kappa shape index (κ3) is 5.51. The van der Waals surface area contributed by atoms with E-state index in [0.29, 0.717) is 25.7 Å². The lowest BCUT2D eigenvalue weighted by atomic mass is 9.90. The number of carbonyl (C=O) groups excluding carboxylic acids is 2. The number of nitro benzene ring substituents is 2. The van der Waals surface area contributed by atoms with Gasteiger partial charge in [-0.25, -0.2) is 0 Å². The van der Waals surface area contributed by atoms with Crippen LogP contribution in [0, 0.1) is 20.2 Å². The minimum atomic E-state index is -0.646. The lowest BCUT2D eigenvalue weighted by Gasteiger charge is -2.29. The lowest BCUT2D eigenvalue weighted by Crippen LogP contribution is -2.44. The SMILES string of the molecule is O=C(NC1CCC(NC(=O)c2cc(Cl)ccc2[N+](=O)[O-])CC1)c1cc(Cl)ccc1[N+](=O)[O-]. The maximum Gasteiger partial charge on any atom is 0.282 e. The van der Waals surface area contributed by atoms with Gasteiger partial charge in [0, 0.05) is 34.3 Å². The molecule has 168 valence electrons. The average molecular weight is 481 g/mol. The Balaban J connectivity index is 1.60. The highest BCUT2D eigenvalue weighted by molar-refractivity contribution is 6.31. The predicted octanol–water partition coefficient (Wildman–Crippen LogP) is 4.28. The molecule has 2 N–H and O–H groups in total. The molecule has 0 saturated heterocycles. The first kappa shape index (κ1) is 23.4. The van der Waals surface area contributed by atoms with Crippen LogP contribution in [0.2, 0.25) is 10.0 Å². The summed E-state index contributed by atoms with van der Waals surface area (Å²) < 4.78 is 0. The maximum absolute atomic E-state index is 12.5. The van der Waals surface area contributed by atoms with Crippen LogP contribution in [0.25, 0.3) is 0 Å². The van der Waals surface area contributed by atoms with Gasteiger partial charge in [-0.3, -0.25) is 29.8 Å². The first-order chi connectivity index (χ1) is 15.2. The number of nitrogens with zero attached hydrogens (tertiary/aromatic N) is 2. The maximum atomic E-state index is 12.5. The molecular weight excluding hydrogens is 463 g/mol. The first-order valence-corrected chi connectivity index (χ1v) is 10.4. The fourth-order valence-corrected chi connectivity index (χ4v) is 3.95. The smallest absolute Gasteiger partial charge is 0.282 e. The largest absolute Gasteiger partial charge is 0.349 e. The summed E-state index contributed by atoms with van der Waals surface area (Å²) in [6.45, 7) is 0. The normalized spacial score (nSPS) is 17.9. The molecule has 0 atom stereocenters. The molecule has 1 aliphatic carbocycles. The van der Waals surface area contributed by atoms with Gasteiger partial charge in [0.1, 0.15) is 11.1 Å². The highest BCUT2D eigenvalue weighted by Crippen LogP contribution is 2.26. The van der Waals surface area contributed by atoms with Crippen LogP contribution in [0.3, 0.4) is 0 Å². The third-order valence-electron chi connectivity index (χ3n) is 5.20. The summed E-state index contributed by atoms with van der Waals surface area (Å²) in [5, 5.41) is 28.3. The average Bonchev–Trinajstić information content (AvgIpc) is 2.74. The van der Waals surface area contributed by atoms with E-state index in [1.54, 1.807) is 0 Å². The highest BCUT2D eigenvalue weighted by Gasteiger charge is 2.28. The summed E-state index contributed by atoms with van der Waals surface area (Å²) >= 11 is 11.7. The molecule has 2 amide bonds. The Labute approximate surface area is 192 Å². The fourth-order valence-electron chi connectivity index (χ4n) is 3.61. The monoisotopic (exact) mass is 480 g/mol. The van der Waals surface area contributed by atoms with Crippen LogP contribution in [0.5, 0.6) is 0 Å². The molecule has 2 aromatic rings. The van der Waals surface area contributed by atoms with E-state index >= 15 is 0 Å². The zero-order chi connectivity index (χ0) is 23.4. The molecule has 0 bridgehead atoms. The number of nitro groups is 2. The number of nitrogens with one attached hydrogen (secondary N) is 2. The highest BCUT2D eigenvalue weighted by atomic mass is 35.5. The molecule has 0 heterocycles. The van der Waals surface area contributed by atoms with Crippen molar-refractivity contribution in [3.05, 3.63) is 77.8 Å². The molecule has 1 fully saturated rings. The van der Waals surface area contributed by atoms with Crippen molar-refractivity contribution in [2.24, 2.45) is 0 Å². The van der Waals surface area contributed by atoms with Gasteiger partial charge in [-0.2, -0.15) is 0 Å². The molecule has 12 heteroatoms. The van der Waals surface area contributed by atoms with E-state index in [-0.39, 0.29) is 44.6 Å². The number of benzene rings is 2. The van der Waals surface area contributed by atoms with Crippen LogP contribution < -0.4 is 10.6 Å². The summed E-state index contributed by atoms with van der Waals surface area (Å²) in [4.78, 5) is 46.1. The second-order valence-electron chi connectivity index (χ2n) is 7.33. The van der Waals surface area contributed by atoms with Gasteiger partial charge >= 0.3 is 0 Å². The van der Waals surface area contributed by atoms with Gasteiger partial charge in [-0.15, -0.1) is 0 Å². The van der Waals surface area contributed by atoms with Gasteiger partial charge < -0.3 is 10.6 Å². The molecule has 1 aliphatic rings. The Bertz CT molecular complexity index is 1000. The van der Waals surface area contributed by atoms with Crippen LogP contribution in [0.15, 0.2) is 36.4 Å². The van der Waals surface area contributed by atoms with E-state index in [1.165, 1.54) is 36.4 Å². The van der Waals surface area contributed by atoms with Gasteiger partial charge in [-0.05, 0) is 49.9 Å². The fraction of sp³-hybridized carbons (Fsp3) is 0.300. The van der Waals surface area contributed by atoms with Crippen LogP contribution >= 0.6 is 23.2 Å². The molecule has 0 radical (unpaired) electrons. The van der Waals surface area contributed by atoms with E-state index in [2.05, 4.69) is 10.6 Å². The van der Waals surface area contributed by atoms with Crippen molar-refractivity contribution in [2.75, 3.05) is 0 Å². The number of hydrogen-bond acceptors (Lipinski definition) is 6. The van der Waals surface area contributed by atoms with Gasteiger partial charge in [0.05, 0.1) is 9.85 Å². The Morgan fingerprint density at radius 2 is 1.09 bits per heavy atom. The van der Waals surface area contributed by atoms with Crippen molar-refractivity contribution < 1.29 is 19.4 Å². The van der Waals surface area contributed by atoms with Crippen LogP contribution in [-0.4, -0.2) is 33.7 Å². The number of carbonyl (C=O) groups is 2. The molecule has 2 aromatic carbocycles. The minimum Gasteiger partial charge on any atom is -0.349 e. The van der Waals surface area contributed by atoms with Crippen molar-refractivity contribution >= 4 is 46.4 Å². The van der Waals surface area contributed by atoms with E-state index in [1.807, 2.05) is 0 Å². The lowest BCUT2D eigenvalue weighted by molar-refractivity contribution is -0.385. The third-order valence-corrected chi connectivity index (χ3v) is 5.67. The van der Waals surface area contributed by atoms with Gasteiger partial charge in [0.2, 0.25) is 0 Å². The standard InChI is InChI=1S/C20H18Cl2N4O6/c21-11-1-7-17(25(29)30)15(9-11)19(27)23-13-3-5-14(6-4-13)24-20(28)16-10-12(22)2-8-18(16)26(31)32/h1-2,7-10,13-14H,3-6H2,(H,23,27)(H,24,28). The summed E-state index contributed by atoms with van der Waals surface area (Å²) in [5.41, 5.74) is -0.913. The van der Waals surface area contributed by atoms with Crippen molar-refractivity contribution in [3.63, 3.8) is 0 Å². The number of rotatable bonds is 6. The van der Waals surface area contributed by atoms with Crippen molar-refractivity contribution in [3.8, 4) is 0 Å². The Hall–Kier alpha value is -3.24. The molecule has 32 heavy (non-hydrogen) atoms. The summed E-state index contributed by atoms with van der Waals surface area (Å²) in [7, 11) is 0. The van der Waals surface area contributed by atoms with Crippen molar-refractivity contribution in [1.29, 1.82) is 0 Å². The summed E-state index contributed by atoms with van der Waals surface area (Å²) in [6.07, 6.45) is 2.07. The van der Waals surface area contributed by atoms with E-state index < -0.39 is 21.7 Å². The van der Waals surface area contributed by atoms with E-state index in [0.717, 1.165) is 0 Å². The van der Waals surface area contributed by atoms with Crippen LogP contribution in [-0.2, 0) is 0 Å². The van der Waals surface area contributed by atoms with Gasteiger partial charge in [0.25, 0.3) is 23.2 Å². The Morgan fingerprint density at radius 1 is 0.750 bits per heavy atom. The molecule has 0 spiro atoms. The molecule has 10 nitrogen and oxygen atoms in total. The molecule has 0 unspecified atom stereocenters. The second kappa shape index (κ2) is 9.92. The number of hydrogen-bond donors (Lipinski definition) is 2. The molecular formula is C20H18Cl2N4O6. The zero-order valence-electron chi connectivity index (χ0n) is 16.5. The zero-order valence-corrected chi connectivity index (χ0v) is 18.1. The predicted molar refractivity (Wildman–Crippen MR) is 117 cm³/mol. The number of halogens is 2. The number of amides is 2. The van der Waals surface area contributed by atoms with Crippen molar-refractivity contribution in [2.45, 2.75) is 37.8 Å². The van der Waals surface area contributed by atoms with E-state index in [4.69, 9.17) is 23.2 Å². The molecule has 0 aliphatic heterocycles. The van der Waals surface area contributed by atoms with Gasteiger partial charge in [-0.1, -0.05) is 23.2 Å². The summed E-state index contributed by atoms with van der Waals surface area (Å²) in [6, 6.07) is 7.06. The molecule has 0 aromatic heterocycles. The topological polar surface area (TPSA) is 144 Å².